The fourth-order valence-electron chi connectivity index (χ4n) is 4.40. The Balaban J connectivity index is 1.88. The van der Waals surface area contributed by atoms with Crippen LogP contribution in [0.2, 0.25) is 0 Å². The van der Waals surface area contributed by atoms with E-state index in [1.807, 2.05) is 30.3 Å². The molecule has 3 aromatic rings. The Morgan fingerprint density at radius 3 is 2.22 bits per heavy atom. The molecule has 0 amide bonds. The van der Waals surface area contributed by atoms with E-state index in [4.69, 9.17) is 4.74 Å². The molecule has 0 saturated heterocycles. The first-order valence-electron chi connectivity index (χ1n) is 13.3. The maximum Gasteiger partial charge on any atom is 0.335 e. The minimum atomic E-state index is -0.969. The van der Waals surface area contributed by atoms with Gasteiger partial charge in [0, 0.05) is 5.56 Å². The van der Waals surface area contributed by atoms with Crippen molar-refractivity contribution in [1.82, 2.24) is 0 Å². The number of carboxylic acids is 1. The van der Waals surface area contributed by atoms with E-state index in [2.05, 4.69) is 20.8 Å². The second-order valence-corrected chi connectivity index (χ2v) is 9.74. The lowest BCUT2D eigenvalue weighted by Gasteiger charge is -2.16. The zero-order valence-corrected chi connectivity index (χ0v) is 21.9. The van der Waals surface area contributed by atoms with Crippen molar-refractivity contribution in [2.45, 2.75) is 72.1 Å². The molecule has 1 atom stereocenters. The van der Waals surface area contributed by atoms with Gasteiger partial charge in [-0.25, -0.2) is 9.18 Å². The van der Waals surface area contributed by atoms with Gasteiger partial charge >= 0.3 is 5.97 Å². The molecule has 0 aliphatic carbocycles. The lowest BCUT2D eigenvalue weighted by molar-refractivity contribution is 0.0697. The van der Waals surface area contributed by atoms with Crippen LogP contribution in [0, 0.1) is 11.7 Å². The van der Waals surface area contributed by atoms with E-state index in [9.17, 15) is 9.90 Å². The number of carboxylic acid groups (broad SMARTS) is 1. The molecule has 0 aromatic heterocycles. The van der Waals surface area contributed by atoms with Crippen LogP contribution in [0.1, 0.15) is 81.6 Å². The largest absolute Gasteiger partial charge is 0.494 e. The number of carbonyl (C=O) groups is 1. The third-order valence-corrected chi connectivity index (χ3v) is 6.81. The van der Waals surface area contributed by atoms with E-state index in [0.29, 0.717) is 23.8 Å². The molecule has 36 heavy (non-hydrogen) atoms. The molecule has 3 aromatic carbocycles. The van der Waals surface area contributed by atoms with Gasteiger partial charge < -0.3 is 9.84 Å². The van der Waals surface area contributed by atoms with Gasteiger partial charge in [0.25, 0.3) is 0 Å². The highest BCUT2D eigenvalue weighted by Gasteiger charge is 2.15. The molecular formula is C32H39FO3. The first kappa shape index (κ1) is 27.4. The Morgan fingerprint density at radius 1 is 0.861 bits per heavy atom. The van der Waals surface area contributed by atoms with Crippen molar-refractivity contribution >= 4 is 5.97 Å². The highest BCUT2D eigenvalue weighted by molar-refractivity contribution is 5.90. The van der Waals surface area contributed by atoms with Crippen molar-refractivity contribution in [3.63, 3.8) is 0 Å². The van der Waals surface area contributed by atoms with E-state index >= 15 is 4.39 Å². The van der Waals surface area contributed by atoms with Crippen molar-refractivity contribution < 1.29 is 19.0 Å². The molecule has 192 valence electrons. The minimum absolute atomic E-state index is 0.222. The number of hydrogen-bond donors (Lipinski definition) is 1. The fourth-order valence-corrected chi connectivity index (χ4v) is 4.40. The van der Waals surface area contributed by atoms with E-state index in [-0.39, 0.29) is 11.4 Å². The number of halogens is 1. The van der Waals surface area contributed by atoms with Crippen molar-refractivity contribution in [2.75, 3.05) is 6.61 Å². The number of ether oxygens (including phenoxy) is 1. The summed E-state index contributed by atoms with van der Waals surface area (Å²) in [6.07, 6.45) is 9.05. The maximum atomic E-state index is 15.4. The van der Waals surface area contributed by atoms with Crippen LogP contribution in [0.4, 0.5) is 4.39 Å². The van der Waals surface area contributed by atoms with Crippen LogP contribution in [-0.4, -0.2) is 17.7 Å². The Bertz CT molecular complexity index is 1120. The molecule has 0 fully saturated rings. The Labute approximate surface area is 215 Å². The van der Waals surface area contributed by atoms with Crippen LogP contribution >= 0.6 is 0 Å². The van der Waals surface area contributed by atoms with Crippen LogP contribution < -0.4 is 4.74 Å². The summed E-state index contributed by atoms with van der Waals surface area (Å²) >= 11 is 0. The molecule has 0 heterocycles. The normalized spacial score (nSPS) is 11.9. The zero-order valence-electron chi connectivity index (χ0n) is 21.9. The first-order chi connectivity index (χ1) is 17.4. The van der Waals surface area contributed by atoms with Crippen LogP contribution in [-0.2, 0) is 6.42 Å². The summed E-state index contributed by atoms with van der Waals surface area (Å²) in [6, 6.07) is 18.0. The van der Waals surface area contributed by atoms with E-state index in [0.717, 1.165) is 47.9 Å². The second-order valence-electron chi connectivity index (χ2n) is 9.74. The Hall–Kier alpha value is -3.14. The Morgan fingerprint density at radius 2 is 1.56 bits per heavy atom. The number of unbranched alkanes of at least 4 members (excludes halogenated alkanes) is 5. The number of hydrogen-bond acceptors (Lipinski definition) is 2. The third-order valence-electron chi connectivity index (χ3n) is 6.81. The Kier molecular flexibility index (Phi) is 10.5. The summed E-state index contributed by atoms with van der Waals surface area (Å²) in [5.41, 5.74) is 4.15. The molecule has 0 saturated carbocycles. The smallest absolute Gasteiger partial charge is 0.335 e. The average Bonchev–Trinajstić information content (AvgIpc) is 2.88. The molecule has 1 unspecified atom stereocenters. The monoisotopic (exact) mass is 490 g/mol. The molecule has 3 rings (SSSR count). The van der Waals surface area contributed by atoms with E-state index in [1.54, 1.807) is 30.3 Å². The van der Waals surface area contributed by atoms with Gasteiger partial charge in [0.05, 0.1) is 12.2 Å². The summed E-state index contributed by atoms with van der Waals surface area (Å²) in [5, 5.41) is 9.25. The van der Waals surface area contributed by atoms with Crippen LogP contribution in [0.25, 0.3) is 22.3 Å². The van der Waals surface area contributed by atoms with Gasteiger partial charge in [-0.3, -0.25) is 0 Å². The van der Waals surface area contributed by atoms with E-state index < -0.39 is 5.97 Å². The molecule has 0 aliphatic heterocycles. The van der Waals surface area contributed by atoms with Gasteiger partial charge in [0.15, 0.2) is 0 Å². The van der Waals surface area contributed by atoms with Gasteiger partial charge in [-0.15, -0.1) is 0 Å². The summed E-state index contributed by atoms with van der Waals surface area (Å²) in [7, 11) is 0. The van der Waals surface area contributed by atoms with Gasteiger partial charge in [0.2, 0.25) is 0 Å². The second kappa shape index (κ2) is 13.8. The number of rotatable bonds is 14. The minimum Gasteiger partial charge on any atom is -0.494 e. The van der Waals surface area contributed by atoms with Gasteiger partial charge in [-0.2, -0.15) is 0 Å². The van der Waals surface area contributed by atoms with Crippen LogP contribution in [0.15, 0.2) is 60.7 Å². The molecule has 3 nitrogen and oxygen atoms in total. The van der Waals surface area contributed by atoms with Crippen molar-refractivity contribution in [3.05, 3.63) is 77.6 Å². The standard InChI is InChI=1S/C32H39FO3/c1-4-6-7-8-9-10-19-36-27-16-18-28(25-12-14-26(15-13-25)32(34)35)30(22-27)29-17-11-24(21-31(29)33)20-23(3)5-2/h11-18,21-23H,4-10,19-20H2,1-3H3,(H,34,35). The summed E-state index contributed by atoms with van der Waals surface area (Å²) < 4.78 is 21.5. The summed E-state index contributed by atoms with van der Waals surface area (Å²) in [5.74, 6) is -0.0137. The predicted octanol–water partition coefficient (Wildman–Crippen LogP) is 9.19. The third kappa shape index (κ3) is 7.68. The average molecular weight is 491 g/mol. The highest BCUT2D eigenvalue weighted by atomic mass is 19.1. The number of aromatic carboxylic acids is 1. The van der Waals surface area contributed by atoms with Crippen LogP contribution in [0.5, 0.6) is 5.75 Å². The highest BCUT2D eigenvalue weighted by Crippen LogP contribution is 2.37. The van der Waals surface area contributed by atoms with Crippen molar-refractivity contribution in [2.24, 2.45) is 5.92 Å². The lowest BCUT2D eigenvalue weighted by atomic mass is 9.91. The van der Waals surface area contributed by atoms with Gasteiger partial charge in [-0.05, 0) is 71.3 Å². The summed E-state index contributed by atoms with van der Waals surface area (Å²) in [6.45, 7) is 7.17. The molecule has 4 heteroatoms. The van der Waals surface area contributed by atoms with Crippen molar-refractivity contribution in [3.8, 4) is 28.0 Å². The molecule has 0 bridgehead atoms. The lowest BCUT2D eigenvalue weighted by Crippen LogP contribution is -2.00. The van der Waals surface area contributed by atoms with E-state index in [1.165, 1.54) is 25.7 Å². The maximum absolute atomic E-state index is 15.4. The topological polar surface area (TPSA) is 46.5 Å². The van der Waals surface area contributed by atoms with Gasteiger partial charge in [-0.1, -0.05) is 89.6 Å². The SMILES string of the molecule is CCCCCCCCOc1ccc(-c2ccc(C(=O)O)cc2)c(-c2ccc(CC(C)CC)cc2F)c1. The molecule has 0 radical (unpaired) electrons. The molecular weight excluding hydrogens is 451 g/mol. The van der Waals surface area contributed by atoms with Gasteiger partial charge in [0.1, 0.15) is 11.6 Å². The summed E-state index contributed by atoms with van der Waals surface area (Å²) in [4.78, 5) is 11.3. The molecule has 1 N–H and O–H groups in total. The predicted molar refractivity (Wildman–Crippen MR) is 146 cm³/mol. The molecule has 0 aliphatic rings. The zero-order chi connectivity index (χ0) is 25.9. The molecule has 0 spiro atoms. The van der Waals surface area contributed by atoms with Crippen LogP contribution in [0.3, 0.4) is 0 Å². The number of benzene rings is 3. The van der Waals surface area contributed by atoms with Crippen molar-refractivity contribution in [1.29, 1.82) is 0 Å². The quantitative estimate of drug-likeness (QED) is 0.229. The fraction of sp³-hybridized carbons (Fsp3) is 0.406. The first-order valence-corrected chi connectivity index (χ1v) is 13.3.